The third-order valence-electron chi connectivity index (χ3n) is 12.7. The Morgan fingerprint density at radius 1 is 0.571 bits per heavy atom. The van der Waals surface area contributed by atoms with Crippen LogP contribution in [0.25, 0.3) is 27.3 Å². The Labute approximate surface area is 395 Å². The molecule has 0 radical (unpaired) electrons. The summed E-state index contributed by atoms with van der Waals surface area (Å²) in [6.07, 6.45) is 8.98. The summed E-state index contributed by atoms with van der Waals surface area (Å²) in [5.41, 5.74) is 20.1. The van der Waals surface area contributed by atoms with Crippen molar-refractivity contribution in [3.63, 3.8) is 0 Å². The van der Waals surface area contributed by atoms with Gasteiger partial charge in [-0.15, -0.1) is 22.5 Å². The molecule has 2 aliphatic rings. The van der Waals surface area contributed by atoms with Gasteiger partial charge in [-0.05, 0) is 87.3 Å². The molecule has 4 heteroatoms. The van der Waals surface area contributed by atoms with Gasteiger partial charge in [0.2, 0.25) is 0 Å². The zero-order valence-electron chi connectivity index (χ0n) is 42.3. The van der Waals surface area contributed by atoms with E-state index in [0.717, 1.165) is 22.8 Å². The Balaban J connectivity index is 0.000000272. The van der Waals surface area contributed by atoms with Crippen LogP contribution in [-0.2, 0) is 0 Å². The fourth-order valence-corrected chi connectivity index (χ4v) is 9.37. The number of allylic oxidation sites excluding steroid dienone is 4. The molecule has 6 rings (SSSR count). The monoisotopic (exact) mass is 856 g/mol. The van der Waals surface area contributed by atoms with E-state index in [4.69, 9.17) is 15.6 Å². The van der Waals surface area contributed by atoms with Crippen molar-refractivity contribution in [2.45, 2.75) is 166 Å². The maximum atomic E-state index is 5.55. The topological polar surface area (TPSA) is 40.6 Å². The Morgan fingerprint density at radius 3 is 1.44 bits per heavy atom. The van der Waals surface area contributed by atoms with E-state index in [1.54, 1.807) is 0 Å². The molecule has 0 aromatic heterocycles. The van der Waals surface area contributed by atoms with E-state index in [1.165, 1.54) is 66.9 Å². The SMILES string of the molecule is CC(/C=C(/C)[N-]c1c(C(C)C)cccc1C(C)C)=Nc1c(C(C)C)cccc1C(C)C.CC(C)C1=C2c3cccc(-c4c(C(C)C)cccc4C(C)C)c3[N-]C2(C(C)C)[CH-]C=C1.[Al+3]. The number of hydrogen-bond donors (Lipinski definition) is 0. The van der Waals surface area contributed by atoms with E-state index in [9.17, 15) is 0 Å². The molecule has 1 heterocycles. The van der Waals surface area contributed by atoms with Gasteiger partial charge >= 0.3 is 17.4 Å². The van der Waals surface area contributed by atoms with Crippen LogP contribution >= 0.6 is 0 Å². The fraction of sp³-hybridized carbons (Fsp3) is 0.458. The Morgan fingerprint density at radius 2 is 1.00 bits per heavy atom. The molecular formula is C59H78AlN3. The molecule has 0 fully saturated rings. The van der Waals surface area contributed by atoms with Gasteiger partial charge in [-0.1, -0.05) is 219 Å². The summed E-state index contributed by atoms with van der Waals surface area (Å²) in [4.78, 5) is 5.08. The summed E-state index contributed by atoms with van der Waals surface area (Å²) in [5, 5.41) is 10.6. The number of hydrogen-bond acceptors (Lipinski definition) is 1. The molecule has 3 nitrogen and oxygen atoms in total. The minimum absolute atomic E-state index is 0. The fourth-order valence-electron chi connectivity index (χ4n) is 9.37. The van der Waals surface area contributed by atoms with Crippen molar-refractivity contribution in [1.82, 2.24) is 0 Å². The largest absolute Gasteiger partial charge is 3.00 e. The van der Waals surface area contributed by atoms with Crippen molar-refractivity contribution in [3.8, 4) is 11.1 Å². The van der Waals surface area contributed by atoms with Crippen molar-refractivity contribution in [2.24, 2.45) is 16.8 Å². The van der Waals surface area contributed by atoms with E-state index >= 15 is 0 Å². The van der Waals surface area contributed by atoms with Crippen LogP contribution in [0.15, 0.2) is 107 Å². The first-order chi connectivity index (χ1) is 29.2. The minimum atomic E-state index is -0.266. The second kappa shape index (κ2) is 21.6. The van der Waals surface area contributed by atoms with Gasteiger partial charge in [0.05, 0.1) is 5.69 Å². The summed E-state index contributed by atoms with van der Waals surface area (Å²) in [5.74, 6) is 3.54. The zero-order chi connectivity index (χ0) is 45.8. The van der Waals surface area contributed by atoms with Crippen molar-refractivity contribution in [2.75, 3.05) is 0 Å². The van der Waals surface area contributed by atoms with E-state index in [2.05, 4.69) is 222 Å². The van der Waals surface area contributed by atoms with Crippen LogP contribution in [0.4, 0.5) is 17.1 Å². The van der Waals surface area contributed by atoms with Crippen molar-refractivity contribution in [1.29, 1.82) is 0 Å². The van der Waals surface area contributed by atoms with Gasteiger partial charge in [-0.3, -0.25) is 4.99 Å². The predicted molar refractivity (Wildman–Crippen MR) is 280 cm³/mol. The van der Waals surface area contributed by atoms with E-state index in [-0.39, 0.29) is 22.9 Å². The number of nitrogens with zero attached hydrogens (tertiary/aromatic N) is 3. The first kappa shape index (κ1) is 51.4. The van der Waals surface area contributed by atoms with Gasteiger partial charge in [0.15, 0.2) is 0 Å². The van der Waals surface area contributed by atoms with E-state index in [0.29, 0.717) is 47.3 Å². The Kier molecular flexibility index (Phi) is 17.7. The number of aliphatic imine (C=N–C) groups is 1. The van der Waals surface area contributed by atoms with Crippen LogP contribution in [0.1, 0.15) is 199 Å². The van der Waals surface area contributed by atoms with Gasteiger partial charge in [0, 0.05) is 5.71 Å². The predicted octanol–water partition coefficient (Wildman–Crippen LogP) is 18.7. The molecule has 4 aromatic carbocycles. The van der Waals surface area contributed by atoms with Crippen molar-refractivity contribution >= 4 is 45.7 Å². The molecule has 0 N–H and O–H groups in total. The van der Waals surface area contributed by atoms with Crippen molar-refractivity contribution in [3.05, 3.63) is 158 Å². The molecule has 0 saturated carbocycles. The van der Waals surface area contributed by atoms with Crippen LogP contribution in [0.2, 0.25) is 0 Å². The van der Waals surface area contributed by atoms with Crippen LogP contribution in [0.3, 0.4) is 0 Å². The van der Waals surface area contributed by atoms with Crippen LogP contribution < -0.4 is 0 Å². The molecule has 0 amide bonds. The Hall–Kier alpha value is -4.23. The molecule has 4 aromatic rings. The van der Waals surface area contributed by atoms with E-state index in [1.807, 2.05) is 0 Å². The van der Waals surface area contributed by atoms with Crippen molar-refractivity contribution < 1.29 is 0 Å². The third-order valence-corrected chi connectivity index (χ3v) is 12.7. The summed E-state index contributed by atoms with van der Waals surface area (Å²) in [7, 11) is 0. The standard InChI is InChI=1S/C30H37N.C29H41N2.Al/c1-18(2)22-12-9-13-23(19(3)4)27(22)25-14-10-15-26-28-24(20(5)6)16-11-17-30(28,21(7)8)31-29(25)26;1-18(2)24-13-11-14-25(19(3)4)28(24)30-22(9)17-23(10)31-29-26(20(5)6)15-12-16-27(29)21(7)8;/h9-21H,1-8H3;11-21H,1-10H3;/q-2;-1;+3/b;22-17-,31-23?;. The molecular weight excluding hydrogens is 778 g/mol. The first-order valence-electron chi connectivity index (χ1n) is 23.7. The van der Waals surface area contributed by atoms with Gasteiger partial charge in [-0.25, -0.2) is 18.6 Å². The van der Waals surface area contributed by atoms with Gasteiger partial charge < -0.3 is 10.6 Å². The molecule has 63 heavy (non-hydrogen) atoms. The van der Waals surface area contributed by atoms with Gasteiger partial charge in [-0.2, -0.15) is 5.70 Å². The zero-order valence-corrected chi connectivity index (χ0v) is 43.4. The third kappa shape index (κ3) is 11.0. The molecule has 1 atom stereocenters. The molecule has 0 bridgehead atoms. The Bertz CT molecular complexity index is 2250. The van der Waals surface area contributed by atoms with Crippen LogP contribution in [0, 0.1) is 18.3 Å². The quantitative estimate of drug-likeness (QED) is 0.0730. The molecule has 1 unspecified atom stereocenters. The second-order valence-electron chi connectivity index (χ2n) is 20.3. The summed E-state index contributed by atoms with van der Waals surface area (Å²) >= 11 is 0. The summed E-state index contributed by atoms with van der Waals surface area (Å²) in [6.45, 7) is 40.5. The summed E-state index contributed by atoms with van der Waals surface area (Å²) in [6, 6.07) is 26.8. The van der Waals surface area contributed by atoms with E-state index < -0.39 is 0 Å². The molecule has 332 valence electrons. The normalized spacial score (nSPS) is 16.2. The number of rotatable bonds is 13. The maximum absolute atomic E-state index is 5.55. The number of benzene rings is 4. The smallest absolute Gasteiger partial charge is 0.685 e. The molecule has 1 aliphatic heterocycles. The first-order valence-corrected chi connectivity index (χ1v) is 23.7. The summed E-state index contributed by atoms with van der Waals surface area (Å²) < 4.78 is 0. The average molecular weight is 856 g/mol. The second-order valence-corrected chi connectivity index (χ2v) is 20.3. The van der Waals surface area contributed by atoms with Crippen LogP contribution in [0.5, 0.6) is 0 Å². The van der Waals surface area contributed by atoms with Crippen LogP contribution in [-0.4, -0.2) is 28.6 Å². The molecule has 0 spiro atoms. The molecule has 1 aliphatic carbocycles. The number of para-hydroxylation sites is 3. The maximum Gasteiger partial charge on any atom is 3.00 e. The molecule has 0 saturated heterocycles. The average Bonchev–Trinajstić information content (AvgIpc) is 3.57. The van der Waals surface area contributed by atoms with Gasteiger partial charge in [0.1, 0.15) is 0 Å². The van der Waals surface area contributed by atoms with Gasteiger partial charge in [0.25, 0.3) is 0 Å². The number of fused-ring (bicyclic) bond motifs is 3. The minimum Gasteiger partial charge on any atom is -0.685 e.